The lowest BCUT2D eigenvalue weighted by Gasteiger charge is -2.43. The Balaban J connectivity index is 1.71. The molecule has 0 aliphatic carbocycles. The van der Waals surface area contributed by atoms with E-state index in [4.69, 9.17) is 4.74 Å². The Hall–Kier alpha value is -1.40. The van der Waals surface area contributed by atoms with Crippen molar-refractivity contribution >= 4 is 15.8 Å². The molecule has 0 unspecified atom stereocenters. The van der Waals surface area contributed by atoms with Crippen molar-refractivity contribution < 1.29 is 17.9 Å². The van der Waals surface area contributed by atoms with E-state index in [0.717, 1.165) is 6.42 Å². The van der Waals surface area contributed by atoms with Gasteiger partial charge in [0.1, 0.15) is 11.4 Å². The van der Waals surface area contributed by atoms with Gasteiger partial charge in [0.15, 0.2) is 5.78 Å². The predicted octanol–water partition coefficient (Wildman–Crippen LogP) is 2.62. The van der Waals surface area contributed by atoms with Crippen molar-refractivity contribution in [3.63, 3.8) is 0 Å². The van der Waals surface area contributed by atoms with Crippen molar-refractivity contribution in [3.05, 3.63) is 29.8 Å². The molecule has 23 heavy (non-hydrogen) atoms. The number of nitrogens with zero attached hydrogens (tertiary/aromatic N) is 1. The second kappa shape index (κ2) is 6.24. The van der Waals surface area contributed by atoms with Crippen molar-refractivity contribution in [2.45, 2.75) is 44.6 Å². The number of piperidine rings is 1. The molecule has 0 N–H and O–H groups in total. The first kappa shape index (κ1) is 16.5. The van der Waals surface area contributed by atoms with Crippen LogP contribution in [0, 0.1) is 0 Å². The van der Waals surface area contributed by atoms with Gasteiger partial charge in [0.25, 0.3) is 0 Å². The zero-order valence-electron chi connectivity index (χ0n) is 13.5. The van der Waals surface area contributed by atoms with Crippen LogP contribution in [0.2, 0.25) is 0 Å². The first-order valence-corrected chi connectivity index (χ1v) is 9.86. The van der Waals surface area contributed by atoms with Gasteiger partial charge in [0.2, 0.25) is 10.0 Å². The summed E-state index contributed by atoms with van der Waals surface area (Å²) in [6.45, 7) is 2.85. The smallest absolute Gasteiger partial charge is 0.214 e. The van der Waals surface area contributed by atoms with Crippen LogP contribution in [0.5, 0.6) is 5.75 Å². The maximum absolute atomic E-state index is 12.4. The molecule has 0 saturated carbocycles. The minimum absolute atomic E-state index is 0.0918. The summed E-state index contributed by atoms with van der Waals surface area (Å²) in [6, 6.07) is 7.30. The summed E-state index contributed by atoms with van der Waals surface area (Å²) in [5, 5.41) is 0. The Morgan fingerprint density at radius 3 is 2.61 bits per heavy atom. The lowest BCUT2D eigenvalue weighted by molar-refractivity contribution is 0.00592. The second-order valence-electron chi connectivity index (χ2n) is 6.45. The summed E-state index contributed by atoms with van der Waals surface area (Å²) in [5.74, 6) is 0.930. The highest BCUT2D eigenvalue weighted by Crippen LogP contribution is 2.39. The molecule has 1 fully saturated rings. The van der Waals surface area contributed by atoms with E-state index in [2.05, 4.69) is 0 Å². The molecule has 1 aromatic rings. The van der Waals surface area contributed by atoms with Crippen molar-refractivity contribution in [2.24, 2.45) is 0 Å². The molecule has 126 valence electrons. The van der Waals surface area contributed by atoms with Gasteiger partial charge in [0.05, 0.1) is 17.7 Å². The van der Waals surface area contributed by atoms with Crippen LogP contribution in [0.1, 0.15) is 49.4 Å². The number of para-hydroxylation sites is 1. The van der Waals surface area contributed by atoms with Gasteiger partial charge in [0, 0.05) is 25.9 Å². The summed E-state index contributed by atoms with van der Waals surface area (Å²) in [5.41, 5.74) is 0.0958. The highest BCUT2D eigenvalue weighted by molar-refractivity contribution is 7.89. The topological polar surface area (TPSA) is 63.7 Å². The third-order valence-electron chi connectivity index (χ3n) is 4.78. The Morgan fingerprint density at radius 1 is 1.22 bits per heavy atom. The van der Waals surface area contributed by atoms with E-state index in [0.29, 0.717) is 50.1 Å². The van der Waals surface area contributed by atoms with Gasteiger partial charge in [-0.3, -0.25) is 4.79 Å². The maximum Gasteiger partial charge on any atom is 0.214 e. The standard InChI is InChI=1S/C17H23NO4S/c1-2-3-12-23(20,21)18-10-8-17(9-11-18)13-15(19)14-6-4-5-7-16(14)22-17/h4-7H,2-3,8-13H2,1H3. The van der Waals surface area contributed by atoms with Gasteiger partial charge in [-0.15, -0.1) is 0 Å². The predicted molar refractivity (Wildman–Crippen MR) is 88.3 cm³/mol. The SMILES string of the molecule is CCCCS(=O)(=O)N1CCC2(CC1)CC(=O)c1ccccc1O2. The highest BCUT2D eigenvalue weighted by Gasteiger charge is 2.44. The van der Waals surface area contributed by atoms with Crippen molar-refractivity contribution in [1.82, 2.24) is 4.31 Å². The molecule has 1 saturated heterocycles. The van der Waals surface area contributed by atoms with Gasteiger partial charge in [-0.25, -0.2) is 12.7 Å². The molecule has 6 heteroatoms. The number of fused-ring (bicyclic) bond motifs is 1. The molecule has 0 aromatic heterocycles. The van der Waals surface area contributed by atoms with Crippen LogP contribution >= 0.6 is 0 Å². The van der Waals surface area contributed by atoms with Gasteiger partial charge < -0.3 is 4.74 Å². The third kappa shape index (κ3) is 3.28. The number of unbranched alkanes of at least 4 members (excludes halogenated alkanes) is 1. The van der Waals surface area contributed by atoms with Crippen molar-refractivity contribution in [1.29, 1.82) is 0 Å². The summed E-state index contributed by atoms with van der Waals surface area (Å²) in [6.07, 6.45) is 3.03. The number of hydrogen-bond acceptors (Lipinski definition) is 4. The van der Waals surface area contributed by atoms with Gasteiger partial charge in [-0.2, -0.15) is 0 Å². The normalized spacial score (nSPS) is 21.0. The number of benzene rings is 1. The molecule has 5 nitrogen and oxygen atoms in total. The Labute approximate surface area is 137 Å². The molecular formula is C17H23NO4S. The minimum Gasteiger partial charge on any atom is -0.486 e. The van der Waals surface area contributed by atoms with Crippen LogP contribution in [0.4, 0.5) is 0 Å². The average Bonchev–Trinajstić information content (AvgIpc) is 2.53. The van der Waals surface area contributed by atoms with E-state index in [-0.39, 0.29) is 11.5 Å². The van der Waals surface area contributed by atoms with E-state index in [9.17, 15) is 13.2 Å². The third-order valence-corrected chi connectivity index (χ3v) is 6.74. The Kier molecular flexibility index (Phi) is 4.47. The zero-order chi connectivity index (χ0) is 16.5. The van der Waals surface area contributed by atoms with Crippen molar-refractivity contribution in [3.8, 4) is 5.75 Å². The van der Waals surface area contributed by atoms with Crippen LogP contribution in [-0.2, 0) is 10.0 Å². The summed E-state index contributed by atoms with van der Waals surface area (Å²) >= 11 is 0. The van der Waals surface area contributed by atoms with Crippen LogP contribution in [0.3, 0.4) is 0 Å². The van der Waals surface area contributed by atoms with Crippen LogP contribution in [0.25, 0.3) is 0 Å². The number of Topliss-reactive ketones (excluding diaryl/α,β-unsaturated/α-hetero) is 1. The van der Waals surface area contributed by atoms with Crippen LogP contribution in [0.15, 0.2) is 24.3 Å². The zero-order valence-corrected chi connectivity index (χ0v) is 14.3. The lowest BCUT2D eigenvalue weighted by atomic mass is 9.83. The fourth-order valence-electron chi connectivity index (χ4n) is 3.35. The van der Waals surface area contributed by atoms with E-state index in [1.165, 1.54) is 0 Å². The summed E-state index contributed by atoms with van der Waals surface area (Å²) < 4.78 is 32.3. The molecule has 3 rings (SSSR count). The summed E-state index contributed by atoms with van der Waals surface area (Å²) in [7, 11) is -3.18. The Morgan fingerprint density at radius 2 is 1.91 bits per heavy atom. The largest absolute Gasteiger partial charge is 0.486 e. The molecule has 1 spiro atoms. The lowest BCUT2D eigenvalue weighted by Crippen LogP contribution is -2.52. The minimum atomic E-state index is -3.18. The number of ether oxygens (including phenoxy) is 1. The quantitative estimate of drug-likeness (QED) is 0.847. The van der Waals surface area contributed by atoms with Crippen LogP contribution < -0.4 is 4.74 Å². The van der Waals surface area contributed by atoms with E-state index < -0.39 is 15.6 Å². The first-order chi connectivity index (χ1) is 11.0. The number of rotatable bonds is 4. The molecule has 2 aliphatic heterocycles. The van der Waals surface area contributed by atoms with Gasteiger partial charge in [-0.1, -0.05) is 25.5 Å². The molecule has 1 aromatic carbocycles. The van der Waals surface area contributed by atoms with E-state index >= 15 is 0 Å². The molecule has 0 bridgehead atoms. The monoisotopic (exact) mass is 337 g/mol. The second-order valence-corrected chi connectivity index (χ2v) is 8.54. The fourth-order valence-corrected chi connectivity index (χ4v) is 5.00. The van der Waals surface area contributed by atoms with E-state index in [1.807, 2.05) is 25.1 Å². The fraction of sp³-hybridized carbons (Fsp3) is 0.588. The van der Waals surface area contributed by atoms with Crippen LogP contribution in [-0.4, -0.2) is 42.9 Å². The highest BCUT2D eigenvalue weighted by atomic mass is 32.2. The first-order valence-electron chi connectivity index (χ1n) is 8.25. The maximum atomic E-state index is 12.4. The number of sulfonamides is 1. The molecular weight excluding hydrogens is 314 g/mol. The molecule has 0 amide bonds. The average molecular weight is 337 g/mol. The molecule has 0 radical (unpaired) electrons. The summed E-state index contributed by atoms with van der Waals surface area (Å²) in [4.78, 5) is 12.4. The number of ketones is 1. The Bertz CT molecular complexity index is 690. The molecule has 0 atom stereocenters. The molecule has 2 aliphatic rings. The van der Waals surface area contributed by atoms with Gasteiger partial charge in [-0.05, 0) is 18.6 Å². The van der Waals surface area contributed by atoms with Crippen molar-refractivity contribution in [2.75, 3.05) is 18.8 Å². The molecule has 2 heterocycles. The number of hydrogen-bond donors (Lipinski definition) is 0. The van der Waals surface area contributed by atoms with E-state index in [1.54, 1.807) is 10.4 Å². The number of carbonyl (C=O) groups excluding carboxylic acids is 1. The van der Waals surface area contributed by atoms with Gasteiger partial charge >= 0.3 is 0 Å². The number of carbonyl (C=O) groups is 1.